The van der Waals surface area contributed by atoms with Gasteiger partial charge in [-0.2, -0.15) is 0 Å². The summed E-state index contributed by atoms with van der Waals surface area (Å²) < 4.78 is 60.1. The number of ether oxygens (including phenoxy) is 2. The van der Waals surface area contributed by atoms with Crippen LogP contribution in [0, 0.1) is 5.82 Å². The number of alkyl halides is 3. The second-order valence-electron chi connectivity index (χ2n) is 6.91. The van der Waals surface area contributed by atoms with Crippen molar-refractivity contribution in [3.05, 3.63) is 36.1 Å². The molecule has 0 saturated carbocycles. The minimum absolute atomic E-state index is 0.0682. The average molecular weight is 427 g/mol. The van der Waals surface area contributed by atoms with Crippen molar-refractivity contribution in [1.82, 2.24) is 10.3 Å². The highest BCUT2D eigenvalue weighted by atomic mass is 19.4. The predicted octanol–water partition coefficient (Wildman–Crippen LogP) is 3.90. The Morgan fingerprint density at radius 3 is 2.47 bits per heavy atom. The van der Waals surface area contributed by atoms with Crippen molar-refractivity contribution in [2.24, 2.45) is 0 Å². The number of methoxy groups -OCH3 is 1. The largest absolute Gasteiger partial charge is 0.573 e. The summed E-state index contributed by atoms with van der Waals surface area (Å²) in [5.74, 6) is -1.83. The van der Waals surface area contributed by atoms with Crippen LogP contribution >= 0.6 is 0 Å². The van der Waals surface area contributed by atoms with Gasteiger partial charge in [0.05, 0.1) is 12.8 Å². The molecule has 1 saturated heterocycles. The molecule has 0 radical (unpaired) electrons. The van der Waals surface area contributed by atoms with Gasteiger partial charge in [0.1, 0.15) is 0 Å². The summed E-state index contributed by atoms with van der Waals surface area (Å²) >= 11 is 0. The van der Waals surface area contributed by atoms with Crippen molar-refractivity contribution in [2.75, 3.05) is 25.1 Å². The number of pyridine rings is 1. The van der Waals surface area contributed by atoms with Crippen molar-refractivity contribution in [2.45, 2.75) is 32.2 Å². The molecule has 1 aromatic carbocycles. The highest BCUT2D eigenvalue weighted by molar-refractivity contribution is 5.73. The summed E-state index contributed by atoms with van der Waals surface area (Å²) in [5.41, 5.74) is 1.43. The van der Waals surface area contributed by atoms with E-state index in [0.29, 0.717) is 24.7 Å². The zero-order valence-electron chi connectivity index (χ0n) is 16.4. The Morgan fingerprint density at radius 2 is 1.90 bits per heavy atom. The lowest BCUT2D eigenvalue weighted by Crippen LogP contribution is -2.44. The van der Waals surface area contributed by atoms with Crippen molar-refractivity contribution in [1.29, 1.82) is 0 Å². The number of carbonyl (C=O) groups is 1. The molecular formula is C20H21F4N3O3. The Morgan fingerprint density at radius 1 is 1.20 bits per heavy atom. The minimum Gasteiger partial charge on any atom is -0.481 e. The molecule has 30 heavy (non-hydrogen) atoms. The summed E-state index contributed by atoms with van der Waals surface area (Å²) in [7, 11) is 1.44. The average Bonchev–Trinajstić information content (AvgIpc) is 2.68. The van der Waals surface area contributed by atoms with Crippen LogP contribution in [0.25, 0.3) is 11.3 Å². The number of rotatable bonds is 5. The van der Waals surface area contributed by atoms with Gasteiger partial charge in [0, 0.05) is 43.4 Å². The topological polar surface area (TPSA) is 63.7 Å². The summed E-state index contributed by atoms with van der Waals surface area (Å²) in [4.78, 5) is 17.6. The lowest BCUT2D eigenvalue weighted by atomic mass is 10.0. The fourth-order valence-corrected chi connectivity index (χ4v) is 3.36. The third-order valence-corrected chi connectivity index (χ3v) is 4.72. The Bertz CT molecular complexity index is 913. The van der Waals surface area contributed by atoms with Crippen molar-refractivity contribution in [3.8, 4) is 22.9 Å². The highest BCUT2D eigenvalue weighted by Crippen LogP contribution is 2.32. The highest BCUT2D eigenvalue weighted by Gasteiger charge is 2.32. The molecule has 1 aromatic heterocycles. The van der Waals surface area contributed by atoms with Gasteiger partial charge in [0.15, 0.2) is 11.6 Å². The standard InChI is InChI=1S/C20H21F4N3O3/c1-12(28)25-14-5-7-27(8-6-14)15-10-17(26-19(11-15)29-2)13-3-4-18(16(21)9-13)30-20(22,23)24/h3-4,9-11,14H,5-8H2,1-2H3,(H,25,28). The van der Waals surface area contributed by atoms with Gasteiger partial charge in [0.2, 0.25) is 11.8 Å². The van der Waals surface area contributed by atoms with Crippen molar-refractivity contribution in [3.63, 3.8) is 0 Å². The maximum absolute atomic E-state index is 14.1. The zero-order chi connectivity index (χ0) is 21.9. The van der Waals surface area contributed by atoms with Gasteiger partial charge in [-0.1, -0.05) is 0 Å². The SMILES string of the molecule is COc1cc(N2CCC(NC(C)=O)CC2)cc(-c2ccc(OC(F)(F)F)c(F)c2)n1. The molecule has 0 spiro atoms. The fourth-order valence-electron chi connectivity index (χ4n) is 3.36. The van der Waals surface area contributed by atoms with Crippen LogP contribution in [-0.2, 0) is 4.79 Å². The third-order valence-electron chi connectivity index (χ3n) is 4.72. The number of nitrogens with zero attached hydrogens (tertiary/aromatic N) is 2. The number of piperidine rings is 1. The normalized spacial score (nSPS) is 15.1. The third kappa shape index (κ3) is 5.52. The van der Waals surface area contributed by atoms with Crippen LogP contribution in [0.2, 0.25) is 0 Å². The van der Waals surface area contributed by atoms with Gasteiger partial charge in [-0.25, -0.2) is 9.37 Å². The maximum atomic E-state index is 14.1. The van der Waals surface area contributed by atoms with Gasteiger partial charge in [-0.15, -0.1) is 13.2 Å². The van der Waals surface area contributed by atoms with Crippen LogP contribution in [0.3, 0.4) is 0 Å². The van der Waals surface area contributed by atoms with Crippen LogP contribution in [0.4, 0.5) is 23.2 Å². The molecule has 2 heterocycles. The van der Waals surface area contributed by atoms with E-state index >= 15 is 0 Å². The van der Waals surface area contributed by atoms with Gasteiger partial charge >= 0.3 is 6.36 Å². The smallest absolute Gasteiger partial charge is 0.481 e. The van der Waals surface area contributed by atoms with E-state index in [1.807, 2.05) is 0 Å². The van der Waals surface area contributed by atoms with E-state index in [-0.39, 0.29) is 17.5 Å². The lowest BCUT2D eigenvalue weighted by molar-refractivity contribution is -0.275. The number of nitrogens with one attached hydrogen (secondary N) is 1. The molecule has 3 rings (SSSR count). The summed E-state index contributed by atoms with van der Waals surface area (Å²) in [5, 5.41) is 2.90. The molecule has 0 atom stereocenters. The fraction of sp³-hybridized carbons (Fsp3) is 0.400. The number of anilines is 1. The van der Waals surface area contributed by atoms with Crippen LogP contribution < -0.4 is 19.7 Å². The zero-order valence-corrected chi connectivity index (χ0v) is 16.4. The number of hydrogen-bond donors (Lipinski definition) is 1. The maximum Gasteiger partial charge on any atom is 0.573 e. The molecule has 0 aliphatic carbocycles. The molecule has 0 unspecified atom stereocenters. The first kappa shape index (κ1) is 21.7. The molecule has 1 aliphatic rings. The molecule has 162 valence electrons. The van der Waals surface area contributed by atoms with E-state index in [4.69, 9.17) is 4.74 Å². The molecule has 10 heteroatoms. The van der Waals surface area contributed by atoms with Gasteiger partial charge < -0.3 is 19.7 Å². The monoisotopic (exact) mass is 427 g/mol. The van der Waals surface area contributed by atoms with E-state index in [1.165, 1.54) is 20.1 Å². The van der Waals surface area contributed by atoms with E-state index in [1.54, 1.807) is 12.1 Å². The Hall–Kier alpha value is -3.04. The second kappa shape index (κ2) is 8.76. The molecule has 1 N–H and O–H groups in total. The summed E-state index contributed by atoms with van der Waals surface area (Å²) in [6, 6.07) is 6.73. The Balaban J connectivity index is 1.83. The Labute approximate surface area is 170 Å². The predicted molar refractivity (Wildman–Crippen MR) is 102 cm³/mol. The number of aromatic nitrogens is 1. The first-order valence-electron chi connectivity index (χ1n) is 9.28. The molecule has 0 bridgehead atoms. The molecule has 1 fully saturated rings. The van der Waals surface area contributed by atoms with E-state index in [0.717, 1.165) is 30.7 Å². The quantitative estimate of drug-likeness (QED) is 0.734. The number of halogens is 4. The number of amides is 1. The minimum atomic E-state index is -4.98. The van der Waals surface area contributed by atoms with E-state index in [9.17, 15) is 22.4 Å². The first-order valence-corrected chi connectivity index (χ1v) is 9.28. The second-order valence-corrected chi connectivity index (χ2v) is 6.91. The molecule has 1 amide bonds. The van der Waals surface area contributed by atoms with E-state index < -0.39 is 17.9 Å². The van der Waals surface area contributed by atoms with Crippen LogP contribution in [0.1, 0.15) is 19.8 Å². The number of benzene rings is 1. The lowest BCUT2D eigenvalue weighted by Gasteiger charge is -2.34. The summed E-state index contributed by atoms with van der Waals surface area (Å²) in [6.45, 7) is 2.85. The molecule has 2 aromatic rings. The van der Waals surface area contributed by atoms with Crippen molar-refractivity contribution < 1.29 is 31.8 Å². The van der Waals surface area contributed by atoms with Gasteiger partial charge in [0.25, 0.3) is 0 Å². The number of hydrogen-bond acceptors (Lipinski definition) is 5. The van der Waals surface area contributed by atoms with Crippen LogP contribution in [0.5, 0.6) is 11.6 Å². The molecule has 1 aliphatic heterocycles. The van der Waals surface area contributed by atoms with Crippen molar-refractivity contribution >= 4 is 11.6 Å². The first-order chi connectivity index (χ1) is 14.1. The number of carbonyl (C=O) groups excluding carboxylic acids is 1. The van der Waals surface area contributed by atoms with Crippen LogP contribution in [-0.4, -0.2) is 43.5 Å². The van der Waals surface area contributed by atoms with Gasteiger partial charge in [-0.05, 0) is 37.1 Å². The molecular weight excluding hydrogens is 406 g/mol. The van der Waals surface area contributed by atoms with Crippen LogP contribution in [0.15, 0.2) is 30.3 Å². The molecule has 6 nitrogen and oxygen atoms in total. The van der Waals surface area contributed by atoms with Gasteiger partial charge in [-0.3, -0.25) is 4.79 Å². The Kier molecular flexibility index (Phi) is 6.33. The summed E-state index contributed by atoms with van der Waals surface area (Å²) in [6.07, 6.45) is -3.46. The van der Waals surface area contributed by atoms with E-state index in [2.05, 4.69) is 19.9 Å².